The predicted molar refractivity (Wildman–Crippen MR) is 50.1 cm³/mol. The van der Waals surface area contributed by atoms with Crippen molar-refractivity contribution in [3.8, 4) is 0 Å². The first-order chi connectivity index (χ1) is 7.47. The summed E-state index contributed by atoms with van der Waals surface area (Å²) in [4.78, 5) is 34.7. The van der Waals surface area contributed by atoms with Crippen molar-refractivity contribution < 1.29 is 29.3 Å². The number of amides is 2. The zero-order valence-electron chi connectivity index (χ0n) is 8.62. The van der Waals surface area contributed by atoms with E-state index in [0.29, 0.717) is 0 Å². The van der Waals surface area contributed by atoms with Gasteiger partial charge in [0, 0.05) is 13.1 Å². The number of carbonyl (C=O) groups is 3. The summed E-state index contributed by atoms with van der Waals surface area (Å²) in [6, 6.07) is -1.20. The van der Waals surface area contributed by atoms with Gasteiger partial charge >= 0.3 is 18.2 Å². The molecule has 90 valence electrons. The quantitative estimate of drug-likeness (QED) is 0.631. The Morgan fingerprint density at radius 3 is 2.31 bits per heavy atom. The van der Waals surface area contributed by atoms with Gasteiger partial charge in [-0.05, 0) is 0 Å². The maximum atomic E-state index is 11.2. The molecule has 16 heavy (non-hydrogen) atoms. The Morgan fingerprint density at radius 1 is 1.25 bits per heavy atom. The molecule has 1 rings (SSSR count). The maximum Gasteiger partial charge on any atom is 0.410 e. The average Bonchev–Trinajstić information content (AvgIpc) is 2.26. The van der Waals surface area contributed by atoms with Crippen molar-refractivity contribution in [3.05, 3.63) is 0 Å². The number of hydrogen-bond donors (Lipinski definition) is 2. The van der Waals surface area contributed by atoms with E-state index in [9.17, 15) is 14.4 Å². The first-order valence-electron chi connectivity index (χ1n) is 4.52. The highest BCUT2D eigenvalue weighted by atomic mass is 16.5. The van der Waals surface area contributed by atoms with Crippen LogP contribution in [0, 0.1) is 0 Å². The lowest BCUT2D eigenvalue weighted by molar-refractivity contribution is -0.144. The third-order valence-corrected chi connectivity index (χ3v) is 2.35. The van der Waals surface area contributed by atoms with E-state index in [0.717, 1.165) is 16.9 Å². The Labute approximate surface area is 91.0 Å². The van der Waals surface area contributed by atoms with Gasteiger partial charge < -0.3 is 19.8 Å². The van der Waals surface area contributed by atoms with Crippen molar-refractivity contribution in [1.29, 1.82) is 0 Å². The molecule has 1 heterocycles. The SMILES string of the molecule is COC(=O)N1CCN(C(=O)O)CC1C(=O)O. The third kappa shape index (κ3) is 2.33. The third-order valence-electron chi connectivity index (χ3n) is 2.35. The number of ether oxygens (including phenoxy) is 1. The highest BCUT2D eigenvalue weighted by Crippen LogP contribution is 2.11. The standard InChI is InChI=1S/C8H12N2O6/c1-16-8(15)10-3-2-9(7(13)14)4-5(10)6(11)12/h5H,2-4H2,1H3,(H,11,12)(H,13,14). The highest BCUT2D eigenvalue weighted by Gasteiger charge is 2.37. The van der Waals surface area contributed by atoms with E-state index < -0.39 is 24.2 Å². The number of carboxylic acid groups (broad SMARTS) is 2. The second kappa shape index (κ2) is 4.69. The number of aliphatic carboxylic acids is 1. The molecule has 0 aromatic heterocycles. The van der Waals surface area contributed by atoms with Crippen molar-refractivity contribution in [1.82, 2.24) is 9.80 Å². The molecule has 1 saturated heterocycles. The lowest BCUT2D eigenvalue weighted by atomic mass is 10.2. The predicted octanol–water partition coefficient (Wildman–Crippen LogP) is -0.498. The Morgan fingerprint density at radius 2 is 1.88 bits per heavy atom. The molecular formula is C8H12N2O6. The fourth-order valence-electron chi connectivity index (χ4n) is 1.50. The van der Waals surface area contributed by atoms with Crippen LogP contribution in [0.2, 0.25) is 0 Å². The summed E-state index contributed by atoms with van der Waals surface area (Å²) >= 11 is 0. The molecule has 1 unspecified atom stereocenters. The zero-order valence-corrected chi connectivity index (χ0v) is 8.62. The van der Waals surface area contributed by atoms with E-state index in [1.165, 1.54) is 0 Å². The minimum Gasteiger partial charge on any atom is -0.480 e. The second-order valence-corrected chi connectivity index (χ2v) is 3.25. The molecule has 0 aliphatic carbocycles. The monoisotopic (exact) mass is 232 g/mol. The molecule has 0 bridgehead atoms. The smallest absolute Gasteiger partial charge is 0.410 e. The highest BCUT2D eigenvalue weighted by molar-refractivity contribution is 5.81. The molecule has 1 aliphatic heterocycles. The molecule has 0 spiro atoms. The zero-order chi connectivity index (χ0) is 12.3. The van der Waals surface area contributed by atoms with Gasteiger partial charge in [0.1, 0.15) is 0 Å². The minimum absolute atomic E-state index is 0.00986. The van der Waals surface area contributed by atoms with E-state index in [4.69, 9.17) is 10.2 Å². The molecule has 1 aliphatic rings. The maximum absolute atomic E-state index is 11.2. The lowest BCUT2D eigenvalue weighted by Gasteiger charge is -2.36. The van der Waals surface area contributed by atoms with Crippen LogP contribution >= 0.6 is 0 Å². The van der Waals surface area contributed by atoms with E-state index >= 15 is 0 Å². The second-order valence-electron chi connectivity index (χ2n) is 3.25. The van der Waals surface area contributed by atoms with Gasteiger partial charge in [0.05, 0.1) is 13.7 Å². The molecule has 2 N–H and O–H groups in total. The van der Waals surface area contributed by atoms with Gasteiger partial charge in [-0.3, -0.25) is 4.90 Å². The summed E-state index contributed by atoms with van der Waals surface area (Å²) in [6.45, 7) is -0.163. The van der Waals surface area contributed by atoms with Crippen LogP contribution in [0.5, 0.6) is 0 Å². The fraction of sp³-hybridized carbons (Fsp3) is 0.625. The average molecular weight is 232 g/mol. The van der Waals surface area contributed by atoms with Gasteiger partial charge in [0.15, 0.2) is 6.04 Å². The van der Waals surface area contributed by atoms with Gasteiger partial charge in [-0.1, -0.05) is 0 Å². The molecule has 8 heteroatoms. The summed E-state index contributed by atoms with van der Waals surface area (Å²) in [6.07, 6.45) is -1.96. The summed E-state index contributed by atoms with van der Waals surface area (Å²) in [5.41, 5.74) is 0. The minimum atomic E-state index is -1.25. The molecule has 0 aromatic rings. The van der Waals surface area contributed by atoms with Gasteiger partial charge in [-0.25, -0.2) is 14.4 Å². The molecule has 0 radical (unpaired) electrons. The first kappa shape index (κ1) is 12.1. The molecule has 0 saturated carbocycles. The molecule has 1 fully saturated rings. The molecule has 1 atom stereocenters. The first-order valence-corrected chi connectivity index (χ1v) is 4.52. The van der Waals surface area contributed by atoms with E-state index in [1.807, 2.05) is 0 Å². The topological polar surface area (TPSA) is 107 Å². The van der Waals surface area contributed by atoms with Crippen LogP contribution in [0.1, 0.15) is 0 Å². The largest absolute Gasteiger partial charge is 0.480 e. The number of carbonyl (C=O) groups excluding carboxylic acids is 1. The molecular weight excluding hydrogens is 220 g/mol. The molecule has 2 amide bonds. The summed E-state index contributed by atoms with van der Waals surface area (Å²) in [5.74, 6) is -1.25. The van der Waals surface area contributed by atoms with Gasteiger partial charge in [-0.2, -0.15) is 0 Å². The van der Waals surface area contributed by atoms with E-state index in [1.54, 1.807) is 0 Å². The van der Waals surface area contributed by atoms with Crippen molar-refractivity contribution in [3.63, 3.8) is 0 Å². The molecule has 0 aromatic carbocycles. The number of rotatable bonds is 1. The van der Waals surface area contributed by atoms with Crippen LogP contribution in [-0.4, -0.2) is 71.0 Å². The summed E-state index contributed by atoms with van der Waals surface area (Å²) in [7, 11) is 1.14. The van der Waals surface area contributed by atoms with Crippen LogP contribution in [0.15, 0.2) is 0 Å². The van der Waals surface area contributed by atoms with Gasteiger partial charge in [0.2, 0.25) is 0 Å². The van der Waals surface area contributed by atoms with Crippen molar-refractivity contribution in [2.24, 2.45) is 0 Å². The van der Waals surface area contributed by atoms with Crippen LogP contribution in [0.3, 0.4) is 0 Å². The fourth-order valence-corrected chi connectivity index (χ4v) is 1.50. The Hall–Kier alpha value is -1.99. The number of methoxy groups -OCH3 is 1. The van der Waals surface area contributed by atoms with E-state index in [2.05, 4.69) is 4.74 Å². The summed E-state index contributed by atoms with van der Waals surface area (Å²) in [5, 5.41) is 17.6. The van der Waals surface area contributed by atoms with Crippen LogP contribution in [-0.2, 0) is 9.53 Å². The lowest BCUT2D eigenvalue weighted by Crippen LogP contribution is -2.59. The van der Waals surface area contributed by atoms with Crippen LogP contribution < -0.4 is 0 Å². The number of piperazine rings is 1. The van der Waals surface area contributed by atoms with Crippen molar-refractivity contribution in [2.45, 2.75) is 6.04 Å². The Balaban J connectivity index is 2.79. The summed E-state index contributed by atoms with van der Waals surface area (Å²) < 4.78 is 4.42. The van der Waals surface area contributed by atoms with E-state index in [-0.39, 0.29) is 19.6 Å². The normalized spacial score (nSPS) is 20.4. The van der Waals surface area contributed by atoms with Gasteiger partial charge in [-0.15, -0.1) is 0 Å². The van der Waals surface area contributed by atoms with Gasteiger partial charge in [0.25, 0.3) is 0 Å². The number of hydrogen-bond acceptors (Lipinski definition) is 4. The van der Waals surface area contributed by atoms with Crippen LogP contribution in [0.4, 0.5) is 9.59 Å². The molecule has 8 nitrogen and oxygen atoms in total. The van der Waals surface area contributed by atoms with Crippen molar-refractivity contribution >= 4 is 18.2 Å². The number of nitrogens with zero attached hydrogens (tertiary/aromatic N) is 2. The Bertz CT molecular complexity index is 318. The number of carboxylic acids is 1. The van der Waals surface area contributed by atoms with Crippen LogP contribution in [0.25, 0.3) is 0 Å². The van der Waals surface area contributed by atoms with Crippen molar-refractivity contribution in [2.75, 3.05) is 26.7 Å². The Kier molecular flexibility index (Phi) is 3.54.